The number of allylic oxidation sites excluding steroid dienone is 1. The fourth-order valence-corrected chi connectivity index (χ4v) is 5.23. The van der Waals surface area contributed by atoms with Crippen LogP contribution in [0, 0.1) is 0 Å². The average molecular weight is 573 g/mol. The van der Waals surface area contributed by atoms with Crippen molar-refractivity contribution >= 4 is 17.5 Å². The molecule has 2 N–H and O–H groups in total. The Morgan fingerprint density at radius 3 is 2.76 bits per heavy atom. The number of pyridine rings is 2. The monoisotopic (exact) mass is 572 g/mol. The Morgan fingerprint density at radius 2 is 2.00 bits per heavy atom. The Hall–Kier alpha value is -3.48. The molecule has 2 aliphatic heterocycles. The fourth-order valence-electron chi connectivity index (χ4n) is 5.23. The van der Waals surface area contributed by atoms with Crippen LogP contribution in [-0.2, 0) is 16.0 Å². The van der Waals surface area contributed by atoms with E-state index in [0.29, 0.717) is 32.2 Å². The Balaban J connectivity index is 1.26. The zero-order valence-corrected chi connectivity index (χ0v) is 23.0. The maximum atomic E-state index is 13.7. The van der Waals surface area contributed by atoms with Crippen LogP contribution in [0.25, 0.3) is 0 Å². The average Bonchev–Trinajstić information content (AvgIpc) is 3.39. The molecule has 3 aliphatic rings. The summed E-state index contributed by atoms with van der Waals surface area (Å²) in [5, 5.41) is 5.83. The summed E-state index contributed by atoms with van der Waals surface area (Å²) < 4.78 is 52.5. The van der Waals surface area contributed by atoms with Gasteiger partial charge >= 0.3 is 6.18 Å². The minimum Gasteiger partial charge on any atom is -0.378 e. The van der Waals surface area contributed by atoms with Gasteiger partial charge in [0.05, 0.1) is 31.5 Å². The number of halogens is 3. The smallest absolute Gasteiger partial charge is 0.378 e. The number of carbonyl (C=O) groups is 1. The van der Waals surface area contributed by atoms with Gasteiger partial charge in [-0.3, -0.25) is 4.79 Å². The standard InChI is InChI=1S/C29H35F3N6O3/c1-37-9-3-4-23(37)19-41-24-16-21(29(30,31)32)15-22(17-24)36-28(39)25-5-2-7-34-27(25)35-18-20-6-8-33-26(14-20)38-10-12-40-13-11-38/h2,5-8,14-15,17,23-24H,3-4,9-13,16,18-19H2,1H3,(H,34,35)(H,36,39). The number of rotatable bonds is 9. The van der Waals surface area contributed by atoms with E-state index in [1.165, 1.54) is 0 Å². The first-order chi connectivity index (χ1) is 19.8. The van der Waals surface area contributed by atoms with Crippen LogP contribution in [0.5, 0.6) is 0 Å². The van der Waals surface area contributed by atoms with Gasteiger partial charge in [0.2, 0.25) is 0 Å². The number of hydrogen-bond donors (Lipinski definition) is 2. The van der Waals surface area contributed by atoms with Gasteiger partial charge in [-0.2, -0.15) is 13.2 Å². The molecule has 0 aromatic carbocycles. The molecule has 2 saturated heterocycles. The van der Waals surface area contributed by atoms with Crippen LogP contribution in [0.3, 0.4) is 0 Å². The molecule has 4 heterocycles. The molecule has 0 radical (unpaired) electrons. The van der Waals surface area contributed by atoms with E-state index in [9.17, 15) is 18.0 Å². The van der Waals surface area contributed by atoms with Crippen LogP contribution in [0.4, 0.5) is 24.8 Å². The minimum absolute atomic E-state index is 0.0532. The lowest BCUT2D eigenvalue weighted by molar-refractivity contribution is -0.0984. The molecule has 2 unspecified atom stereocenters. The van der Waals surface area contributed by atoms with Gasteiger partial charge in [-0.1, -0.05) is 0 Å². The molecule has 0 saturated carbocycles. The second-order valence-electron chi connectivity index (χ2n) is 10.5. The molecule has 1 aliphatic carbocycles. The van der Waals surface area contributed by atoms with E-state index < -0.39 is 23.8 Å². The SMILES string of the molecule is CN1CCCC1COC1C=C(NC(=O)c2cccnc2NCc2ccnc(N3CCOCC3)c2)C=C(C(F)(F)F)C1. The molecule has 2 fully saturated rings. The highest BCUT2D eigenvalue weighted by Gasteiger charge is 2.37. The molecule has 220 valence electrons. The number of anilines is 2. The second kappa shape index (κ2) is 13.0. The molecule has 0 spiro atoms. The van der Waals surface area contributed by atoms with Gasteiger partial charge in [0.25, 0.3) is 5.91 Å². The Morgan fingerprint density at radius 1 is 1.17 bits per heavy atom. The molecule has 2 aromatic rings. The van der Waals surface area contributed by atoms with Crippen LogP contribution in [0.1, 0.15) is 35.2 Å². The van der Waals surface area contributed by atoms with Crippen LogP contribution in [0.2, 0.25) is 0 Å². The summed E-state index contributed by atoms with van der Waals surface area (Å²) in [6.45, 7) is 4.49. The number of carbonyl (C=O) groups excluding carboxylic acids is 1. The van der Waals surface area contributed by atoms with Gasteiger partial charge < -0.3 is 29.9 Å². The van der Waals surface area contributed by atoms with E-state index in [1.54, 1.807) is 30.6 Å². The Labute approximate surface area is 237 Å². The first kappa shape index (κ1) is 29.0. The zero-order chi connectivity index (χ0) is 28.8. The number of nitrogens with one attached hydrogen (secondary N) is 2. The summed E-state index contributed by atoms with van der Waals surface area (Å²) in [6.07, 6.45) is 2.19. The highest BCUT2D eigenvalue weighted by atomic mass is 19.4. The van der Waals surface area contributed by atoms with Crippen molar-refractivity contribution in [2.45, 2.75) is 44.1 Å². The molecule has 0 bridgehead atoms. The van der Waals surface area contributed by atoms with Crippen molar-refractivity contribution in [3.8, 4) is 0 Å². The van der Waals surface area contributed by atoms with Crippen molar-refractivity contribution < 1.29 is 27.4 Å². The number of morpholine rings is 1. The van der Waals surface area contributed by atoms with Gasteiger partial charge in [0.1, 0.15) is 11.6 Å². The van der Waals surface area contributed by atoms with Crippen molar-refractivity contribution in [3.63, 3.8) is 0 Å². The van der Waals surface area contributed by atoms with E-state index >= 15 is 0 Å². The molecule has 12 heteroatoms. The lowest BCUT2D eigenvalue weighted by Gasteiger charge is -2.28. The van der Waals surface area contributed by atoms with Gasteiger partial charge in [-0.05, 0) is 68.4 Å². The van der Waals surface area contributed by atoms with Crippen LogP contribution < -0.4 is 15.5 Å². The minimum atomic E-state index is -4.53. The maximum absolute atomic E-state index is 13.7. The summed E-state index contributed by atoms with van der Waals surface area (Å²) in [5.41, 5.74) is 0.475. The van der Waals surface area contributed by atoms with Crippen LogP contribution >= 0.6 is 0 Å². The molecule has 41 heavy (non-hydrogen) atoms. The number of likely N-dealkylation sites (tertiary alicyclic amines) is 1. The number of aromatic nitrogens is 2. The van der Waals surface area contributed by atoms with Gasteiger partial charge in [0, 0.05) is 55.8 Å². The highest BCUT2D eigenvalue weighted by Crippen LogP contribution is 2.34. The third-order valence-corrected chi connectivity index (χ3v) is 7.57. The number of likely N-dealkylation sites (N-methyl/N-ethyl adjacent to an activating group) is 1. The van der Waals surface area contributed by atoms with E-state index in [0.717, 1.165) is 49.9 Å². The number of ether oxygens (including phenoxy) is 2. The predicted molar refractivity (Wildman–Crippen MR) is 149 cm³/mol. The van der Waals surface area contributed by atoms with Crippen LogP contribution in [-0.4, -0.2) is 85.6 Å². The number of hydrogen-bond acceptors (Lipinski definition) is 8. The summed E-state index contributed by atoms with van der Waals surface area (Å²) >= 11 is 0. The van der Waals surface area contributed by atoms with Gasteiger partial charge in [-0.25, -0.2) is 9.97 Å². The molecule has 9 nitrogen and oxygen atoms in total. The summed E-state index contributed by atoms with van der Waals surface area (Å²) in [4.78, 5) is 26.3. The van der Waals surface area contributed by atoms with Crippen molar-refractivity contribution in [2.24, 2.45) is 0 Å². The second-order valence-corrected chi connectivity index (χ2v) is 10.5. The van der Waals surface area contributed by atoms with E-state index in [-0.39, 0.29) is 23.7 Å². The van der Waals surface area contributed by atoms with Gasteiger partial charge in [-0.15, -0.1) is 0 Å². The molecule has 1 amide bonds. The van der Waals surface area contributed by atoms with Crippen molar-refractivity contribution in [3.05, 3.63) is 71.2 Å². The first-order valence-corrected chi connectivity index (χ1v) is 13.9. The third kappa shape index (κ3) is 7.63. The maximum Gasteiger partial charge on any atom is 0.412 e. The van der Waals surface area contributed by atoms with Crippen molar-refractivity contribution in [1.82, 2.24) is 20.2 Å². The zero-order valence-electron chi connectivity index (χ0n) is 23.0. The Bertz CT molecular complexity index is 1280. The van der Waals surface area contributed by atoms with Crippen molar-refractivity contribution in [1.29, 1.82) is 0 Å². The lowest BCUT2D eigenvalue weighted by Crippen LogP contribution is -2.36. The lowest BCUT2D eigenvalue weighted by atomic mass is 9.99. The fraction of sp³-hybridized carbons (Fsp3) is 0.483. The number of alkyl halides is 3. The first-order valence-electron chi connectivity index (χ1n) is 13.9. The molecular formula is C29H35F3N6O3. The topological polar surface area (TPSA) is 91.8 Å². The number of amides is 1. The van der Waals surface area contributed by atoms with Crippen LogP contribution in [0.15, 0.2) is 60.1 Å². The predicted octanol–water partition coefficient (Wildman–Crippen LogP) is 3.91. The summed E-state index contributed by atoms with van der Waals surface area (Å²) in [6, 6.07) is 7.22. The molecule has 2 aromatic heterocycles. The van der Waals surface area contributed by atoms with E-state index in [4.69, 9.17) is 9.47 Å². The third-order valence-electron chi connectivity index (χ3n) is 7.57. The largest absolute Gasteiger partial charge is 0.412 e. The highest BCUT2D eigenvalue weighted by molar-refractivity contribution is 5.99. The van der Waals surface area contributed by atoms with Crippen molar-refractivity contribution in [2.75, 3.05) is 56.7 Å². The molecular weight excluding hydrogens is 537 g/mol. The molecule has 5 rings (SSSR count). The van der Waals surface area contributed by atoms with E-state index in [1.807, 2.05) is 19.2 Å². The quantitative estimate of drug-likeness (QED) is 0.468. The van der Waals surface area contributed by atoms with Gasteiger partial charge in [0.15, 0.2) is 0 Å². The normalized spacial score (nSPS) is 21.8. The summed E-state index contributed by atoms with van der Waals surface area (Å²) in [7, 11) is 1.99. The molecule has 2 atom stereocenters. The number of nitrogens with zero attached hydrogens (tertiary/aromatic N) is 4. The summed E-state index contributed by atoms with van der Waals surface area (Å²) in [5.74, 6) is 0.604. The Kier molecular flexibility index (Phi) is 9.21. The van der Waals surface area contributed by atoms with E-state index in [2.05, 4.69) is 30.4 Å².